The zero-order valence-corrected chi connectivity index (χ0v) is 13.5. The first-order valence-corrected chi connectivity index (χ1v) is 8.25. The summed E-state index contributed by atoms with van der Waals surface area (Å²) in [6.45, 7) is 4.79. The van der Waals surface area contributed by atoms with Crippen LogP contribution < -0.4 is 10.1 Å². The molecule has 0 spiro atoms. The van der Waals surface area contributed by atoms with Crippen LogP contribution in [0.2, 0.25) is 0 Å². The number of anilines is 1. The van der Waals surface area contributed by atoms with Gasteiger partial charge in [0.25, 0.3) is 5.91 Å². The van der Waals surface area contributed by atoms with Gasteiger partial charge in [0.2, 0.25) is 0 Å². The third-order valence-corrected chi connectivity index (χ3v) is 4.86. The predicted octanol–water partition coefficient (Wildman–Crippen LogP) is 3.35. The Morgan fingerprint density at radius 3 is 3.04 bits per heavy atom. The summed E-state index contributed by atoms with van der Waals surface area (Å²) in [5.41, 5.74) is 2.69. The van der Waals surface area contributed by atoms with Gasteiger partial charge >= 0.3 is 0 Å². The lowest BCUT2D eigenvalue weighted by molar-refractivity contribution is 0.102. The van der Waals surface area contributed by atoms with E-state index >= 15 is 0 Å². The molecule has 5 nitrogen and oxygen atoms in total. The summed E-state index contributed by atoms with van der Waals surface area (Å²) in [5.74, 6) is 2.07. The topological polar surface area (TPSA) is 56.2 Å². The number of carbonyl (C=O) groups is 1. The molecule has 1 aliphatic heterocycles. The molecule has 1 aliphatic carbocycles. The van der Waals surface area contributed by atoms with Gasteiger partial charge in [-0.3, -0.25) is 4.79 Å². The fourth-order valence-corrected chi connectivity index (χ4v) is 3.26. The van der Waals surface area contributed by atoms with Gasteiger partial charge < -0.3 is 10.1 Å². The van der Waals surface area contributed by atoms with E-state index in [1.54, 1.807) is 0 Å². The minimum atomic E-state index is -0.128. The SMILES string of the molecule is Cc1cnn(C(C)C2CC2)c1NC(=O)c1cccc2c1OCC2. The summed E-state index contributed by atoms with van der Waals surface area (Å²) in [4.78, 5) is 12.8. The maximum Gasteiger partial charge on any atom is 0.260 e. The van der Waals surface area contributed by atoms with Crippen LogP contribution in [0, 0.1) is 12.8 Å². The summed E-state index contributed by atoms with van der Waals surface area (Å²) in [6, 6.07) is 6.07. The molecule has 5 heteroatoms. The van der Waals surface area contributed by atoms with Crippen molar-refractivity contribution in [3.63, 3.8) is 0 Å². The fourth-order valence-electron chi connectivity index (χ4n) is 3.26. The first-order chi connectivity index (χ1) is 11.1. The molecule has 0 radical (unpaired) electrons. The molecule has 2 heterocycles. The van der Waals surface area contributed by atoms with Gasteiger partial charge in [-0.1, -0.05) is 12.1 Å². The number of amides is 1. The van der Waals surface area contributed by atoms with Crippen LogP contribution in [0.5, 0.6) is 5.75 Å². The van der Waals surface area contributed by atoms with Crippen molar-refractivity contribution in [3.8, 4) is 5.75 Å². The molecule has 4 rings (SSSR count). The Balaban J connectivity index is 1.62. The predicted molar refractivity (Wildman–Crippen MR) is 88.0 cm³/mol. The van der Waals surface area contributed by atoms with E-state index in [0.29, 0.717) is 24.1 Å². The maximum atomic E-state index is 12.8. The largest absolute Gasteiger partial charge is 0.492 e. The summed E-state index contributed by atoms with van der Waals surface area (Å²) in [7, 11) is 0. The highest BCUT2D eigenvalue weighted by Gasteiger charge is 2.31. The number of carbonyl (C=O) groups excluding carboxylic acids is 1. The van der Waals surface area contributed by atoms with Crippen LogP contribution in [-0.2, 0) is 6.42 Å². The van der Waals surface area contributed by atoms with Crippen LogP contribution in [0.1, 0.15) is 47.3 Å². The summed E-state index contributed by atoms with van der Waals surface area (Å²) >= 11 is 0. The van der Waals surface area contributed by atoms with E-state index in [1.807, 2.05) is 36.0 Å². The lowest BCUT2D eigenvalue weighted by atomic mass is 10.1. The third kappa shape index (κ3) is 2.50. The summed E-state index contributed by atoms with van der Waals surface area (Å²) < 4.78 is 7.60. The van der Waals surface area contributed by atoms with Gasteiger partial charge in [-0.25, -0.2) is 4.68 Å². The highest BCUT2D eigenvalue weighted by atomic mass is 16.5. The summed E-state index contributed by atoms with van der Waals surface area (Å²) in [6.07, 6.45) is 5.17. The standard InChI is InChI=1S/C18H21N3O2/c1-11-10-19-21(12(2)13-6-7-13)17(11)20-18(22)15-5-3-4-14-8-9-23-16(14)15/h3-5,10,12-13H,6-9H2,1-2H3,(H,20,22). The van der Waals surface area contributed by atoms with E-state index in [1.165, 1.54) is 12.8 Å². The molecule has 0 saturated heterocycles. The molecular formula is C18H21N3O2. The molecule has 1 N–H and O–H groups in total. The van der Waals surface area contributed by atoms with Crippen LogP contribution in [-0.4, -0.2) is 22.3 Å². The molecule has 0 bridgehead atoms. The van der Waals surface area contributed by atoms with Crippen molar-refractivity contribution in [1.29, 1.82) is 0 Å². The molecular weight excluding hydrogens is 290 g/mol. The molecule has 1 aromatic carbocycles. The van der Waals surface area contributed by atoms with Crippen LogP contribution in [0.3, 0.4) is 0 Å². The zero-order chi connectivity index (χ0) is 16.0. The second-order valence-corrected chi connectivity index (χ2v) is 6.55. The second-order valence-electron chi connectivity index (χ2n) is 6.55. The first-order valence-electron chi connectivity index (χ1n) is 8.25. The number of hydrogen-bond acceptors (Lipinski definition) is 3. The number of hydrogen-bond donors (Lipinski definition) is 1. The normalized spacial score (nSPS) is 17.5. The molecule has 1 saturated carbocycles. The molecule has 23 heavy (non-hydrogen) atoms. The Morgan fingerprint density at radius 1 is 1.43 bits per heavy atom. The van der Waals surface area contributed by atoms with Gasteiger partial charge in [0.15, 0.2) is 0 Å². The number of nitrogens with zero attached hydrogens (tertiary/aromatic N) is 2. The Kier molecular flexibility index (Phi) is 3.36. The van der Waals surface area contributed by atoms with E-state index in [2.05, 4.69) is 17.3 Å². The molecule has 1 aromatic heterocycles. The Labute approximate surface area is 135 Å². The number of nitrogens with one attached hydrogen (secondary N) is 1. The maximum absolute atomic E-state index is 12.8. The van der Waals surface area contributed by atoms with Crippen molar-refractivity contribution in [1.82, 2.24) is 9.78 Å². The van der Waals surface area contributed by atoms with Crippen LogP contribution >= 0.6 is 0 Å². The van der Waals surface area contributed by atoms with Crippen molar-refractivity contribution in [3.05, 3.63) is 41.1 Å². The van der Waals surface area contributed by atoms with Crippen molar-refractivity contribution in [2.45, 2.75) is 39.2 Å². The molecule has 1 amide bonds. The Hall–Kier alpha value is -2.30. The van der Waals surface area contributed by atoms with Crippen LogP contribution in [0.25, 0.3) is 0 Å². The van der Waals surface area contributed by atoms with E-state index in [0.717, 1.165) is 29.1 Å². The van der Waals surface area contributed by atoms with Gasteiger partial charge in [0, 0.05) is 12.0 Å². The lowest BCUT2D eigenvalue weighted by Gasteiger charge is -2.16. The number of aromatic nitrogens is 2. The van der Waals surface area contributed by atoms with Gasteiger partial charge in [-0.05, 0) is 44.2 Å². The number of fused-ring (bicyclic) bond motifs is 1. The highest BCUT2D eigenvalue weighted by molar-refractivity contribution is 6.06. The zero-order valence-electron chi connectivity index (χ0n) is 13.5. The van der Waals surface area contributed by atoms with E-state index in [-0.39, 0.29) is 5.91 Å². The van der Waals surface area contributed by atoms with Gasteiger partial charge in [0.1, 0.15) is 11.6 Å². The second kappa shape index (κ2) is 5.41. The minimum absolute atomic E-state index is 0.128. The number of rotatable bonds is 4. The average Bonchev–Trinajstić information content (AvgIpc) is 3.19. The van der Waals surface area contributed by atoms with Gasteiger partial charge in [-0.2, -0.15) is 5.10 Å². The van der Waals surface area contributed by atoms with Crippen LogP contribution in [0.15, 0.2) is 24.4 Å². The first kappa shape index (κ1) is 14.3. The quantitative estimate of drug-likeness (QED) is 0.942. The van der Waals surface area contributed by atoms with Gasteiger partial charge in [-0.15, -0.1) is 0 Å². The fraction of sp³-hybridized carbons (Fsp3) is 0.444. The van der Waals surface area contributed by atoms with Crippen molar-refractivity contribution < 1.29 is 9.53 Å². The van der Waals surface area contributed by atoms with E-state index < -0.39 is 0 Å². The number of benzene rings is 1. The number of ether oxygens (including phenoxy) is 1. The van der Waals surface area contributed by atoms with Crippen molar-refractivity contribution in [2.75, 3.05) is 11.9 Å². The Morgan fingerprint density at radius 2 is 2.26 bits per heavy atom. The molecule has 120 valence electrons. The van der Waals surface area contributed by atoms with Crippen molar-refractivity contribution >= 4 is 11.7 Å². The third-order valence-electron chi connectivity index (χ3n) is 4.86. The number of para-hydroxylation sites is 1. The highest BCUT2D eigenvalue weighted by Crippen LogP contribution is 2.40. The van der Waals surface area contributed by atoms with Crippen molar-refractivity contribution in [2.24, 2.45) is 5.92 Å². The number of aryl methyl sites for hydroxylation is 1. The van der Waals surface area contributed by atoms with Crippen LogP contribution in [0.4, 0.5) is 5.82 Å². The molecule has 1 atom stereocenters. The van der Waals surface area contributed by atoms with E-state index in [4.69, 9.17) is 4.74 Å². The molecule has 2 aliphatic rings. The lowest BCUT2D eigenvalue weighted by Crippen LogP contribution is -2.19. The Bertz CT molecular complexity index is 762. The average molecular weight is 311 g/mol. The summed E-state index contributed by atoms with van der Waals surface area (Å²) in [5, 5.41) is 7.52. The van der Waals surface area contributed by atoms with E-state index in [9.17, 15) is 4.79 Å². The molecule has 1 unspecified atom stereocenters. The minimum Gasteiger partial charge on any atom is -0.492 e. The molecule has 2 aromatic rings. The molecule has 1 fully saturated rings. The monoisotopic (exact) mass is 311 g/mol. The smallest absolute Gasteiger partial charge is 0.260 e. The van der Waals surface area contributed by atoms with Gasteiger partial charge in [0.05, 0.1) is 24.4 Å².